The van der Waals surface area contributed by atoms with Gasteiger partial charge in [-0.25, -0.2) is 14.3 Å². The van der Waals surface area contributed by atoms with Gasteiger partial charge in [0.15, 0.2) is 6.29 Å². The third kappa shape index (κ3) is 5.12. The van der Waals surface area contributed by atoms with Gasteiger partial charge in [-0.3, -0.25) is 9.36 Å². The summed E-state index contributed by atoms with van der Waals surface area (Å²) >= 11 is 1.22. The van der Waals surface area contributed by atoms with Gasteiger partial charge < -0.3 is 24.5 Å². The van der Waals surface area contributed by atoms with Crippen molar-refractivity contribution >= 4 is 21.6 Å². The van der Waals surface area contributed by atoms with Gasteiger partial charge in [-0.2, -0.15) is 0 Å². The molecule has 4 aromatic rings. The van der Waals surface area contributed by atoms with Crippen LogP contribution in [0.3, 0.4) is 0 Å². The molecule has 10 nitrogen and oxygen atoms in total. The van der Waals surface area contributed by atoms with Crippen molar-refractivity contribution in [1.29, 1.82) is 0 Å². The van der Waals surface area contributed by atoms with Crippen molar-refractivity contribution in [1.82, 2.24) is 14.1 Å². The Morgan fingerprint density at radius 1 is 1.21 bits per heavy atom. The molecule has 1 aliphatic carbocycles. The van der Waals surface area contributed by atoms with Gasteiger partial charge in [-0.1, -0.05) is 30.3 Å². The van der Waals surface area contributed by atoms with Crippen molar-refractivity contribution in [2.75, 3.05) is 0 Å². The fourth-order valence-electron chi connectivity index (χ4n) is 5.21. The quantitative estimate of drug-likeness (QED) is 0.282. The summed E-state index contributed by atoms with van der Waals surface area (Å²) in [6.45, 7) is 4.69. The number of hydrogen-bond donors (Lipinski definition) is 3. The standard InChI is InChI=1S/C28H33N3O7S/c1-16-21-24(33)31(28(2,3)26(34)35)27(36)30(25(21)39-22(16)23-29-12-13-37-23)15-20(17-8-5-4-6-9-17)38-19-11-7-10-18(32)14-19/h4-6,8-9,12-13,18-20,26,32,34-35H,7,10-11,14-15H2,1-3H3/t18-,19-,20-/m0/s1. The zero-order valence-corrected chi connectivity index (χ0v) is 22.9. The molecule has 208 valence electrons. The highest BCUT2D eigenvalue weighted by molar-refractivity contribution is 7.22. The number of hydrogen-bond acceptors (Lipinski definition) is 9. The van der Waals surface area contributed by atoms with Gasteiger partial charge in [0, 0.05) is 0 Å². The van der Waals surface area contributed by atoms with Gasteiger partial charge in [0.25, 0.3) is 5.56 Å². The topological polar surface area (TPSA) is 140 Å². The second-order valence-electron chi connectivity index (χ2n) is 10.6. The van der Waals surface area contributed by atoms with E-state index in [1.54, 1.807) is 6.92 Å². The van der Waals surface area contributed by atoms with Crippen LogP contribution < -0.4 is 11.2 Å². The summed E-state index contributed by atoms with van der Waals surface area (Å²) in [6.07, 6.45) is 2.65. The number of fused-ring (bicyclic) bond motifs is 1. The third-order valence-corrected chi connectivity index (χ3v) is 8.82. The van der Waals surface area contributed by atoms with Gasteiger partial charge in [0.1, 0.15) is 17.2 Å². The number of aromatic nitrogens is 3. The number of oxazole rings is 1. The van der Waals surface area contributed by atoms with Crippen LogP contribution in [0.5, 0.6) is 0 Å². The molecular weight excluding hydrogens is 522 g/mol. The van der Waals surface area contributed by atoms with E-state index in [0.29, 0.717) is 27.6 Å². The van der Waals surface area contributed by atoms with Crippen molar-refractivity contribution in [2.24, 2.45) is 0 Å². The van der Waals surface area contributed by atoms with E-state index in [1.807, 2.05) is 30.3 Å². The zero-order valence-electron chi connectivity index (χ0n) is 22.1. The smallest absolute Gasteiger partial charge is 0.332 e. The van der Waals surface area contributed by atoms with Crippen LogP contribution in [0.2, 0.25) is 0 Å². The molecular formula is C28H33N3O7S. The molecule has 3 atom stereocenters. The summed E-state index contributed by atoms with van der Waals surface area (Å²) in [6, 6.07) is 9.51. The molecule has 0 unspecified atom stereocenters. The molecule has 3 heterocycles. The predicted octanol–water partition coefficient (Wildman–Crippen LogP) is 3.30. The van der Waals surface area contributed by atoms with Gasteiger partial charge in [-0.15, -0.1) is 11.3 Å². The molecule has 3 aromatic heterocycles. The van der Waals surface area contributed by atoms with E-state index in [0.717, 1.165) is 29.4 Å². The van der Waals surface area contributed by atoms with Crippen LogP contribution in [0.4, 0.5) is 0 Å². The van der Waals surface area contributed by atoms with Crippen LogP contribution in [0.25, 0.3) is 21.0 Å². The highest BCUT2D eigenvalue weighted by Crippen LogP contribution is 2.37. The summed E-state index contributed by atoms with van der Waals surface area (Å²) in [5.41, 5.74) is -1.49. The second-order valence-corrected chi connectivity index (χ2v) is 11.6. The summed E-state index contributed by atoms with van der Waals surface area (Å²) in [5, 5.41) is 30.8. The van der Waals surface area contributed by atoms with Crippen molar-refractivity contribution in [2.45, 2.75) is 83.1 Å². The molecule has 0 aliphatic heterocycles. The van der Waals surface area contributed by atoms with E-state index in [4.69, 9.17) is 9.15 Å². The first-order chi connectivity index (χ1) is 18.6. The molecule has 0 radical (unpaired) electrons. The van der Waals surface area contributed by atoms with E-state index in [-0.39, 0.29) is 18.0 Å². The lowest BCUT2D eigenvalue weighted by Gasteiger charge is -2.32. The van der Waals surface area contributed by atoms with Crippen molar-refractivity contribution in [3.05, 3.63) is 74.8 Å². The summed E-state index contributed by atoms with van der Waals surface area (Å²) < 4.78 is 14.4. The number of nitrogens with zero attached hydrogens (tertiary/aromatic N) is 3. The maximum Gasteiger partial charge on any atom is 0.332 e. The lowest BCUT2D eigenvalue weighted by molar-refractivity contribution is -0.116. The Labute approximate surface area is 228 Å². The van der Waals surface area contributed by atoms with Crippen LogP contribution in [0.1, 0.15) is 56.8 Å². The molecule has 1 saturated carbocycles. The molecule has 0 amide bonds. The fraction of sp³-hybridized carbons (Fsp3) is 0.464. The first-order valence-electron chi connectivity index (χ1n) is 13.0. The minimum atomic E-state index is -1.97. The molecule has 1 aliphatic rings. The minimum Gasteiger partial charge on any atom is -0.444 e. The normalized spacial score (nSPS) is 19.2. The number of aliphatic hydroxyl groups is 3. The Morgan fingerprint density at radius 2 is 1.95 bits per heavy atom. The van der Waals surface area contributed by atoms with E-state index < -0.39 is 35.3 Å². The largest absolute Gasteiger partial charge is 0.444 e. The van der Waals surface area contributed by atoms with Gasteiger partial charge >= 0.3 is 5.69 Å². The Hall–Kier alpha value is -3.09. The molecule has 11 heteroatoms. The van der Waals surface area contributed by atoms with Gasteiger partial charge in [0.2, 0.25) is 5.89 Å². The van der Waals surface area contributed by atoms with Crippen LogP contribution in [-0.2, 0) is 16.8 Å². The third-order valence-electron chi connectivity index (χ3n) is 7.52. The number of aryl methyl sites for hydroxylation is 1. The number of thiophene rings is 1. The lowest BCUT2D eigenvalue weighted by atomic mass is 9.94. The van der Waals surface area contributed by atoms with Crippen molar-refractivity contribution < 1.29 is 24.5 Å². The van der Waals surface area contributed by atoms with Crippen LogP contribution in [0.15, 0.2) is 56.8 Å². The van der Waals surface area contributed by atoms with Crippen molar-refractivity contribution in [3.63, 3.8) is 0 Å². The number of benzene rings is 1. The Bertz CT molecular complexity index is 1550. The average Bonchev–Trinajstić information content (AvgIpc) is 3.54. The fourth-order valence-corrected chi connectivity index (χ4v) is 6.45. The molecule has 39 heavy (non-hydrogen) atoms. The summed E-state index contributed by atoms with van der Waals surface area (Å²) in [4.78, 5) is 33.1. The first-order valence-corrected chi connectivity index (χ1v) is 13.8. The monoisotopic (exact) mass is 555 g/mol. The average molecular weight is 556 g/mol. The van der Waals surface area contributed by atoms with Crippen LogP contribution in [0, 0.1) is 6.92 Å². The maximum atomic E-state index is 14.0. The zero-order chi connectivity index (χ0) is 27.9. The molecule has 3 N–H and O–H groups in total. The predicted molar refractivity (Wildman–Crippen MR) is 147 cm³/mol. The molecule has 0 bridgehead atoms. The number of ether oxygens (including phenoxy) is 1. The first kappa shape index (κ1) is 27.5. The highest BCUT2D eigenvalue weighted by atomic mass is 32.1. The molecule has 1 aromatic carbocycles. The lowest BCUT2D eigenvalue weighted by Crippen LogP contribution is -2.54. The van der Waals surface area contributed by atoms with Gasteiger partial charge in [0.05, 0.1) is 40.8 Å². The SMILES string of the molecule is Cc1c(-c2ncco2)sc2c1c(=O)n(C(C)(C)C(O)O)c(=O)n2C[C@H](O[C@H]1CCC[C@H](O)C1)c1ccccc1. The highest BCUT2D eigenvalue weighted by Gasteiger charge is 2.35. The van der Waals surface area contributed by atoms with E-state index in [2.05, 4.69) is 4.98 Å². The Morgan fingerprint density at radius 3 is 2.59 bits per heavy atom. The molecule has 1 fully saturated rings. The molecule has 0 spiro atoms. The summed E-state index contributed by atoms with van der Waals surface area (Å²) in [5.74, 6) is 0.326. The minimum absolute atomic E-state index is 0.0643. The van der Waals surface area contributed by atoms with E-state index in [9.17, 15) is 24.9 Å². The van der Waals surface area contributed by atoms with E-state index >= 15 is 0 Å². The second kappa shape index (κ2) is 10.8. The number of rotatable bonds is 8. The number of aliphatic hydroxyl groups excluding tert-OH is 2. The van der Waals surface area contributed by atoms with Crippen LogP contribution >= 0.6 is 11.3 Å². The molecule has 5 rings (SSSR count). The summed E-state index contributed by atoms with van der Waals surface area (Å²) in [7, 11) is 0. The maximum absolute atomic E-state index is 14.0. The van der Waals surface area contributed by atoms with Crippen LogP contribution in [-0.4, -0.2) is 47.9 Å². The Balaban J connectivity index is 1.72. The Kier molecular flexibility index (Phi) is 7.62. The van der Waals surface area contributed by atoms with E-state index in [1.165, 1.54) is 42.2 Å². The molecule has 0 saturated heterocycles. The van der Waals surface area contributed by atoms with Gasteiger partial charge in [-0.05, 0) is 57.6 Å². The van der Waals surface area contributed by atoms with Crippen molar-refractivity contribution in [3.8, 4) is 10.8 Å².